The molecule has 110 valence electrons. The lowest BCUT2D eigenvalue weighted by Crippen LogP contribution is -2.40. The summed E-state index contributed by atoms with van der Waals surface area (Å²) < 4.78 is 5.27. The van der Waals surface area contributed by atoms with Crippen molar-refractivity contribution in [3.63, 3.8) is 0 Å². The van der Waals surface area contributed by atoms with E-state index in [1.54, 1.807) is 0 Å². The number of carbonyl (C=O) groups excluding carboxylic acids is 1. The molecule has 3 heteroatoms. The lowest BCUT2D eigenvalue weighted by atomic mass is 9.68. The number of carbonyl (C=O) groups is 1. The Hall–Kier alpha value is -1.87. The van der Waals surface area contributed by atoms with E-state index in [2.05, 4.69) is 19.1 Å². The lowest BCUT2D eigenvalue weighted by Gasteiger charge is -2.36. The molecule has 0 fully saturated rings. The predicted octanol–water partition coefficient (Wildman–Crippen LogP) is 2.96. The van der Waals surface area contributed by atoms with E-state index in [0.29, 0.717) is 10.5 Å². The first kappa shape index (κ1) is 15.5. The molecular formula is C18H22O2Si. The summed E-state index contributed by atoms with van der Waals surface area (Å²) in [6.07, 6.45) is 0.881. The highest BCUT2D eigenvalue weighted by Crippen LogP contribution is 2.42. The average molecular weight is 298 g/mol. The van der Waals surface area contributed by atoms with Gasteiger partial charge >= 0.3 is 5.97 Å². The van der Waals surface area contributed by atoms with E-state index in [0.717, 1.165) is 12.0 Å². The van der Waals surface area contributed by atoms with Gasteiger partial charge in [0.05, 0.1) is 5.41 Å². The highest BCUT2D eigenvalue weighted by atomic mass is 28.2. The van der Waals surface area contributed by atoms with Crippen LogP contribution in [-0.4, -0.2) is 16.5 Å². The van der Waals surface area contributed by atoms with Gasteiger partial charge in [-0.25, -0.2) is 0 Å². The fourth-order valence-electron chi connectivity index (χ4n) is 3.12. The Balaban J connectivity index is 2.56. The zero-order chi connectivity index (χ0) is 15.3. The second-order valence-corrected chi connectivity index (χ2v) is 5.84. The fraction of sp³-hybridized carbons (Fsp3) is 0.278. The van der Waals surface area contributed by atoms with Gasteiger partial charge in [0.2, 0.25) is 10.5 Å². The highest BCUT2D eigenvalue weighted by molar-refractivity contribution is 6.07. The number of benzene rings is 2. The van der Waals surface area contributed by atoms with Gasteiger partial charge in [-0.05, 0) is 24.5 Å². The van der Waals surface area contributed by atoms with Crippen molar-refractivity contribution in [3.8, 4) is 0 Å². The van der Waals surface area contributed by atoms with E-state index in [1.807, 2.05) is 55.5 Å². The van der Waals surface area contributed by atoms with Crippen LogP contribution in [-0.2, 0) is 14.6 Å². The van der Waals surface area contributed by atoms with E-state index >= 15 is 0 Å². The molecule has 2 aromatic carbocycles. The Morgan fingerprint density at radius 3 is 2.10 bits per heavy atom. The van der Waals surface area contributed by atoms with Crippen LogP contribution in [0.25, 0.3) is 0 Å². The van der Waals surface area contributed by atoms with E-state index in [4.69, 9.17) is 4.43 Å². The van der Waals surface area contributed by atoms with Crippen molar-refractivity contribution < 1.29 is 9.22 Å². The van der Waals surface area contributed by atoms with Crippen molar-refractivity contribution in [1.29, 1.82) is 0 Å². The normalized spacial score (nSPS) is 15.1. The molecule has 2 atom stereocenters. The maximum absolute atomic E-state index is 12.6. The molecule has 0 N–H and O–H groups in total. The zero-order valence-corrected chi connectivity index (χ0v) is 14.9. The maximum Gasteiger partial charge on any atom is 0.302 e. The van der Waals surface area contributed by atoms with Crippen molar-refractivity contribution in [2.45, 2.75) is 31.6 Å². The van der Waals surface area contributed by atoms with E-state index in [1.165, 1.54) is 5.56 Å². The van der Waals surface area contributed by atoms with Gasteiger partial charge < -0.3 is 4.43 Å². The monoisotopic (exact) mass is 298 g/mol. The van der Waals surface area contributed by atoms with Crippen LogP contribution < -0.4 is 0 Å². The van der Waals surface area contributed by atoms with Crippen molar-refractivity contribution in [1.82, 2.24) is 0 Å². The number of hydrogen-bond donors (Lipinski definition) is 0. The highest BCUT2D eigenvalue weighted by Gasteiger charge is 2.43. The van der Waals surface area contributed by atoms with Crippen molar-refractivity contribution >= 4 is 16.5 Å². The molecule has 21 heavy (non-hydrogen) atoms. The minimum atomic E-state index is -0.654. The Labute approximate surface area is 129 Å². The van der Waals surface area contributed by atoms with Gasteiger partial charge in [-0.15, -0.1) is 0 Å². The van der Waals surface area contributed by atoms with Crippen molar-refractivity contribution in [2.75, 3.05) is 0 Å². The van der Waals surface area contributed by atoms with Gasteiger partial charge in [-0.3, -0.25) is 4.79 Å². The Morgan fingerprint density at radius 2 is 1.62 bits per heavy atom. The lowest BCUT2D eigenvalue weighted by molar-refractivity contribution is -0.141. The molecule has 0 saturated heterocycles. The van der Waals surface area contributed by atoms with Gasteiger partial charge in [0, 0.05) is 5.92 Å². The van der Waals surface area contributed by atoms with Crippen LogP contribution in [0.4, 0.5) is 0 Å². The van der Waals surface area contributed by atoms with Crippen LogP contribution in [0, 0.1) is 0 Å². The van der Waals surface area contributed by atoms with E-state index in [9.17, 15) is 4.79 Å². The van der Waals surface area contributed by atoms with Crippen molar-refractivity contribution in [2.24, 2.45) is 0 Å². The Morgan fingerprint density at radius 1 is 1.10 bits per heavy atom. The topological polar surface area (TPSA) is 26.3 Å². The Bertz CT molecular complexity index is 583. The molecule has 0 radical (unpaired) electrons. The molecule has 0 spiro atoms. The molecular weight excluding hydrogens is 276 g/mol. The minimum Gasteiger partial charge on any atom is -0.528 e. The minimum absolute atomic E-state index is 0.0996. The third-order valence-electron chi connectivity index (χ3n) is 4.29. The van der Waals surface area contributed by atoms with Gasteiger partial charge in [0.15, 0.2) is 0 Å². The quantitative estimate of drug-likeness (QED) is 0.793. The number of hydrogen-bond acceptors (Lipinski definition) is 2. The molecule has 0 aromatic heterocycles. The average Bonchev–Trinajstić information content (AvgIpc) is 2.56. The largest absolute Gasteiger partial charge is 0.528 e. The second kappa shape index (κ2) is 6.72. The Kier molecular flexibility index (Phi) is 4.97. The van der Waals surface area contributed by atoms with Crippen molar-refractivity contribution in [3.05, 3.63) is 71.8 Å². The van der Waals surface area contributed by atoms with E-state index in [-0.39, 0.29) is 11.9 Å². The number of rotatable bonds is 5. The summed E-state index contributed by atoms with van der Waals surface area (Å²) in [6, 6.07) is 20.2. The molecule has 2 rings (SSSR count). The summed E-state index contributed by atoms with van der Waals surface area (Å²) in [7, 11) is 0.416. The van der Waals surface area contributed by atoms with Crippen LogP contribution in [0.15, 0.2) is 60.7 Å². The molecule has 0 aliphatic carbocycles. The van der Waals surface area contributed by atoms with Gasteiger partial charge in [-0.2, -0.15) is 0 Å². The molecule has 0 amide bonds. The smallest absolute Gasteiger partial charge is 0.302 e. The molecule has 0 bridgehead atoms. The van der Waals surface area contributed by atoms with Crippen LogP contribution in [0.3, 0.4) is 0 Å². The molecule has 2 aromatic rings. The summed E-state index contributed by atoms with van der Waals surface area (Å²) >= 11 is 0. The summed E-state index contributed by atoms with van der Waals surface area (Å²) in [5, 5.41) is 0. The van der Waals surface area contributed by atoms with Gasteiger partial charge in [-0.1, -0.05) is 67.6 Å². The van der Waals surface area contributed by atoms with Crippen LogP contribution in [0.2, 0.25) is 0 Å². The fourth-order valence-corrected chi connectivity index (χ4v) is 3.54. The molecule has 2 nitrogen and oxygen atoms in total. The first-order valence-corrected chi connectivity index (χ1v) is 8.15. The second-order valence-electron chi connectivity index (χ2n) is 5.43. The molecule has 0 heterocycles. The maximum atomic E-state index is 12.6. The third-order valence-corrected chi connectivity index (χ3v) is 4.66. The predicted molar refractivity (Wildman–Crippen MR) is 89.3 cm³/mol. The van der Waals surface area contributed by atoms with Crippen LogP contribution >= 0.6 is 0 Å². The van der Waals surface area contributed by atoms with Gasteiger partial charge in [0.25, 0.3) is 0 Å². The molecule has 0 aliphatic rings. The van der Waals surface area contributed by atoms with Gasteiger partial charge in [0.1, 0.15) is 0 Å². The first-order valence-electron chi connectivity index (χ1n) is 7.33. The molecule has 0 aliphatic heterocycles. The van der Waals surface area contributed by atoms with Crippen LogP contribution in [0.1, 0.15) is 37.3 Å². The SMILES string of the molecule is CCC(c1ccccc1)C(C)(C(=O)O[SiH3])c1ccccc1. The molecule has 2 unspecified atom stereocenters. The standard InChI is InChI=1S/C18H22O2Si/c1-3-16(14-10-6-4-7-11-14)18(2,17(19)20-21)15-12-8-5-9-13-15/h4-13,16H,3H2,1-2,21H3. The zero-order valence-electron chi connectivity index (χ0n) is 12.9. The summed E-state index contributed by atoms with van der Waals surface area (Å²) in [5.41, 5.74) is 1.54. The van der Waals surface area contributed by atoms with E-state index < -0.39 is 5.41 Å². The summed E-state index contributed by atoms with van der Waals surface area (Å²) in [5.74, 6) is -0.0291. The summed E-state index contributed by atoms with van der Waals surface area (Å²) in [6.45, 7) is 4.13. The third kappa shape index (κ3) is 2.93. The molecule has 0 saturated carbocycles. The summed E-state index contributed by atoms with van der Waals surface area (Å²) in [4.78, 5) is 12.6. The van der Waals surface area contributed by atoms with Crippen LogP contribution in [0.5, 0.6) is 0 Å². The first-order chi connectivity index (χ1) is 10.1.